The van der Waals surface area contributed by atoms with Gasteiger partial charge in [0.2, 0.25) is 0 Å². The van der Waals surface area contributed by atoms with Gasteiger partial charge in [0.05, 0.1) is 0 Å². The van der Waals surface area contributed by atoms with Crippen molar-refractivity contribution in [2.24, 2.45) is 0 Å². The van der Waals surface area contributed by atoms with Gasteiger partial charge in [0, 0.05) is 16.5 Å². The van der Waals surface area contributed by atoms with Crippen molar-refractivity contribution in [2.45, 2.75) is 31.8 Å². The van der Waals surface area contributed by atoms with Crippen molar-refractivity contribution in [1.29, 1.82) is 0 Å². The first-order valence-corrected chi connectivity index (χ1v) is 7.96. The van der Waals surface area contributed by atoms with Crippen molar-refractivity contribution in [3.63, 3.8) is 0 Å². The van der Waals surface area contributed by atoms with E-state index < -0.39 is 0 Å². The number of hydrogen-bond donors (Lipinski definition) is 1. The van der Waals surface area contributed by atoms with Gasteiger partial charge in [-0.05, 0) is 58.1 Å². The van der Waals surface area contributed by atoms with Gasteiger partial charge in [-0.15, -0.1) is 0 Å². The van der Waals surface area contributed by atoms with Gasteiger partial charge in [0.1, 0.15) is 11.4 Å². The van der Waals surface area contributed by atoms with Crippen LogP contribution in [0.4, 0.5) is 0 Å². The summed E-state index contributed by atoms with van der Waals surface area (Å²) in [4.78, 5) is 0. The van der Waals surface area contributed by atoms with E-state index in [-0.39, 0.29) is 5.60 Å². The Morgan fingerprint density at radius 3 is 2.27 bits per heavy atom. The van der Waals surface area contributed by atoms with E-state index in [4.69, 9.17) is 16.3 Å². The van der Waals surface area contributed by atoms with Crippen LogP contribution in [0, 0.1) is 0 Å². The number of nitrogens with one attached hydrogen (secondary N) is 1. The van der Waals surface area contributed by atoms with Crippen molar-refractivity contribution in [1.82, 2.24) is 5.32 Å². The highest BCUT2D eigenvalue weighted by molar-refractivity contribution is 6.30. The van der Waals surface area contributed by atoms with Gasteiger partial charge in [-0.2, -0.15) is 0 Å². The van der Waals surface area contributed by atoms with Gasteiger partial charge in [0.25, 0.3) is 0 Å². The highest BCUT2D eigenvalue weighted by atomic mass is 35.5. The lowest BCUT2D eigenvalue weighted by molar-refractivity contribution is 0.0775. The summed E-state index contributed by atoms with van der Waals surface area (Å²) >= 11 is 5.98. The molecular weight excluding hydrogens is 294 g/mol. The van der Waals surface area contributed by atoms with Crippen molar-refractivity contribution in [2.75, 3.05) is 14.1 Å². The largest absolute Gasteiger partial charge is 0.488 e. The second-order valence-corrected chi connectivity index (χ2v) is 6.64. The summed E-state index contributed by atoms with van der Waals surface area (Å²) < 4.78 is 6.07. The molecule has 1 aliphatic heterocycles. The zero-order valence-electron chi connectivity index (χ0n) is 13.7. The molecule has 0 fully saturated rings. The van der Waals surface area contributed by atoms with Crippen LogP contribution >= 0.6 is 11.6 Å². The van der Waals surface area contributed by atoms with Crippen LogP contribution in [0.15, 0.2) is 48.5 Å². The Bertz CT molecular complexity index is 607. The predicted molar refractivity (Wildman–Crippen MR) is 94.0 cm³/mol. The van der Waals surface area contributed by atoms with Gasteiger partial charge < -0.3 is 10.1 Å². The minimum atomic E-state index is -0.140. The van der Waals surface area contributed by atoms with Crippen LogP contribution in [0.5, 0.6) is 5.75 Å². The van der Waals surface area contributed by atoms with E-state index in [1.807, 2.05) is 32.3 Å². The zero-order chi connectivity index (χ0) is 16.2. The maximum atomic E-state index is 6.07. The summed E-state index contributed by atoms with van der Waals surface area (Å²) in [6.07, 6.45) is 0.978. The highest BCUT2D eigenvalue weighted by Gasteiger charge is 2.34. The van der Waals surface area contributed by atoms with Gasteiger partial charge in [-0.1, -0.05) is 41.9 Å². The van der Waals surface area contributed by atoms with E-state index in [0.717, 1.165) is 17.2 Å². The number of halogens is 1. The lowest BCUT2D eigenvalue weighted by atomic mass is 9.80. The molecule has 22 heavy (non-hydrogen) atoms. The first-order chi connectivity index (χ1) is 10.5. The molecular formula is C19H24ClNO. The highest BCUT2D eigenvalue weighted by Crippen LogP contribution is 2.44. The summed E-state index contributed by atoms with van der Waals surface area (Å²) in [5.41, 5.74) is 2.43. The van der Waals surface area contributed by atoms with Crippen LogP contribution < -0.4 is 10.1 Å². The number of para-hydroxylation sites is 1. The maximum Gasteiger partial charge on any atom is 0.123 e. The molecule has 0 spiro atoms. The monoisotopic (exact) mass is 317 g/mol. The fourth-order valence-electron chi connectivity index (χ4n) is 2.79. The van der Waals surface area contributed by atoms with Gasteiger partial charge in [-0.3, -0.25) is 0 Å². The standard InChI is InChI=1S/C17H17ClO.C2H7N/c1-17(2)11-15(12-7-9-13(18)10-8-12)14-5-3-4-6-16(14)19-17;1-3-2/h3-10,15H,11H2,1-2H3;3H,1-2H3. The number of rotatable bonds is 1. The molecule has 2 aromatic carbocycles. The molecule has 0 amide bonds. The smallest absolute Gasteiger partial charge is 0.123 e. The Labute approximate surface area is 138 Å². The maximum absolute atomic E-state index is 6.07. The number of hydrogen-bond acceptors (Lipinski definition) is 2. The van der Waals surface area contributed by atoms with Crippen LogP contribution in [0.2, 0.25) is 5.02 Å². The average Bonchev–Trinajstić information content (AvgIpc) is 2.47. The van der Waals surface area contributed by atoms with E-state index in [1.54, 1.807) is 0 Å². The summed E-state index contributed by atoms with van der Waals surface area (Å²) in [6, 6.07) is 16.5. The molecule has 0 saturated carbocycles. The van der Waals surface area contributed by atoms with E-state index in [2.05, 4.69) is 49.5 Å². The fraction of sp³-hybridized carbons (Fsp3) is 0.368. The molecule has 3 rings (SSSR count). The molecule has 0 saturated heterocycles. The van der Waals surface area contributed by atoms with Crippen LogP contribution in [-0.4, -0.2) is 19.7 Å². The molecule has 1 unspecified atom stereocenters. The third-order valence-corrected chi connectivity index (χ3v) is 3.90. The Hall–Kier alpha value is -1.51. The van der Waals surface area contributed by atoms with E-state index in [9.17, 15) is 0 Å². The predicted octanol–water partition coefficient (Wildman–Crippen LogP) is 4.87. The van der Waals surface area contributed by atoms with Crippen molar-refractivity contribution < 1.29 is 4.74 Å². The average molecular weight is 318 g/mol. The second-order valence-electron chi connectivity index (χ2n) is 6.21. The molecule has 0 aliphatic carbocycles. The third kappa shape index (κ3) is 4.02. The lowest BCUT2D eigenvalue weighted by Gasteiger charge is -2.38. The Morgan fingerprint density at radius 1 is 1.05 bits per heavy atom. The number of benzene rings is 2. The van der Waals surface area contributed by atoms with Gasteiger partial charge in [0.15, 0.2) is 0 Å². The number of ether oxygens (including phenoxy) is 1. The fourth-order valence-corrected chi connectivity index (χ4v) is 2.92. The third-order valence-electron chi connectivity index (χ3n) is 3.65. The van der Waals surface area contributed by atoms with Crippen molar-refractivity contribution in [3.8, 4) is 5.75 Å². The van der Waals surface area contributed by atoms with Crippen LogP contribution in [0.25, 0.3) is 0 Å². The summed E-state index contributed by atoms with van der Waals surface area (Å²) in [5.74, 6) is 1.37. The molecule has 1 N–H and O–H groups in total. The molecule has 3 heteroatoms. The van der Waals surface area contributed by atoms with Crippen LogP contribution in [-0.2, 0) is 0 Å². The lowest BCUT2D eigenvalue weighted by Crippen LogP contribution is -2.35. The molecule has 2 aromatic rings. The van der Waals surface area contributed by atoms with Crippen LogP contribution in [0.1, 0.15) is 37.3 Å². The molecule has 1 heterocycles. The topological polar surface area (TPSA) is 21.3 Å². The van der Waals surface area contributed by atoms with E-state index in [1.165, 1.54) is 11.1 Å². The molecule has 2 nitrogen and oxygen atoms in total. The van der Waals surface area contributed by atoms with Crippen LogP contribution in [0.3, 0.4) is 0 Å². The van der Waals surface area contributed by atoms with Gasteiger partial charge in [-0.25, -0.2) is 0 Å². The van der Waals surface area contributed by atoms with E-state index >= 15 is 0 Å². The van der Waals surface area contributed by atoms with E-state index in [0.29, 0.717) is 5.92 Å². The first-order valence-electron chi connectivity index (χ1n) is 7.59. The number of fused-ring (bicyclic) bond motifs is 1. The molecule has 0 aromatic heterocycles. The van der Waals surface area contributed by atoms with Crippen molar-refractivity contribution in [3.05, 3.63) is 64.7 Å². The van der Waals surface area contributed by atoms with Crippen molar-refractivity contribution >= 4 is 11.6 Å². The summed E-state index contributed by atoms with van der Waals surface area (Å²) in [7, 11) is 3.75. The second kappa shape index (κ2) is 7.17. The minimum absolute atomic E-state index is 0.140. The molecule has 1 aliphatic rings. The zero-order valence-corrected chi connectivity index (χ0v) is 14.4. The SMILES string of the molecule is CC1(C)CC(c2ccc(Cl)cc2)c2ccccc2O1.CNC. The molecule has 118 valence electrons. The Kier molecular flexibility index (Phi) is 5.49. The van der Waals surface area contributed by atoms with Gasteiger partial charge >= 0.3 is 0 Å². The first kappa shape index (κ1) is 16.9. The minimum Gasteiger partial charge on any atom is -0.488 e. The Balaban J connectivity index is 0.000000545. The quantitative estimate of drug-likeness (QED) is 0.810. The summed E-state index contributed by atoms with van der Waals surface area (Å²) in [5, 5.41) is 3.53. The Morgan fingerprint density at radius 2 is 1.64 bits per heavy atom. The summed E-state index contributed by atoms with van der Waals surface area (Å²) in [6.45, 7) is 4.29. The molecule has 1 atom stereocenters. The molecule has 0 bridgehead atoms. The normalized spacial score (nSPS) is 18.5. The molecule has 0 radical (unpaired) electrons.